The van der Waals surface area contributed by atoms with Crippen molar-refractivity contribution in [2.24, 2.45) is 0 Å². The summed E-state index contributed by atoms with van der Waals surface area (Å²) in [5.74, 6) is 1.07. The van der Waals surface area contributed by atoms with Crippen LogP contribution in [-0.2, 0) is 16.4 Å². The zero-order valence-electron chi connectivity index (χ0n) is 9.83. The van der Waals surface area contributed by atoms with Gasteiger partial charge in [-0.25, -0.2) is 13.4 Å². The third-order valence-corrected chi connectivity index (χ3v) is 4.86. The molecule has 1 unspecified atom stereocenters. The molecule has 1 aromatic rings. The standard InChI is InChI=1S/C11H17N3O2S/c1-14(10-3-5-17(15,16)8-10)7-9-2-4-13-11(12)6-9/h2,4,6,10H,3,5,7-8H2,1H3,(H2,12,13). The fourth-order valence-electron chi connectivity index (χ4n) is 2.13. The van der Waals surface area contributed by atoms with E-state index >= 15 is 0 Å². The number of rotatable bonds is 3. The van der Waals surface area contributed by atoms with E-state index in [1.54, 1.807) is 6.20 Å². The van der Waals surface area contributed by atoms with E-state index in [9.17, 15) is 8.42 Å². The third kappa shape index (κ3) is 3.17. The van der Waals surface area contributed by atoms with Crippen LogP contribution in [0.3, 0.4) is 0 Å². The second-order valence-electron chi connectivity index (χ2n) is 4.56. The highest BCUT2D eigenvalue weighted by molar-refractivity contribution is 7.91. The third-order valence-electron chi connectivity index (χ3n) is 3.11. The number of nitrogens with two attached hydrogens (primary N) is 1. The van der Waals surface area contributed by atoms with Gasteiger partial charge in [-0.3, -0.25) is 4.90 Å². The summed E-state index contributed by atoms with van der Waals surface area (Å²) in [5, 5.41) is 0. The van der Waals surface area contributed by atoms with Crippen molar-refractivity contribution in [1.29, 1.82) is 0 Å². The van der Waals surface area contributed by atoms with Crippen LogP contribution in [0.1, 0.15) is 12.0 Å². The number of aromatic nitrogens is 1. The normalized spacial score (nSPS) is 23.1. The van der Waals surface area contributed by atoms with Crippen LogP contribution in [0.25, 0.3) is 0 Å². The van der Waals surface area contributed by atoms with Crippen LogP contribution < -0.4 is 5.73 Å². The fraction of sp³-hybridized carbons (Fsp3) is 0.545. The van der Waals surface area contributed by atoms with Crippen molar-refractivity contribution in [1.82, 2.24) is 9.88 Å². The number of anilines is 1. The van der Waals surface area contributed by atoms with Gasteiger partial charge >= 0.3 is 0 Å². The molecule has 1 aromatic heterocycles. The van der Waals surface area contributed by atoms with Crippen LogP contribution in [0.5, 0.6) is 0 Å². The Labute approximate surface area is 102 Å². The lowest BCUT2D eigenvalue weighted by Gasteiger charge is -2.22. The van der Waals surface area contributed by atoms with Gasteiger partial charge in [0, 0.05) is 18.8 Å². The molecule has 2 heterocycles. The topological polar surface area (TPSA) is 76.3 Å². The largest absolute Gasteiger partial charge is 0.384 e. The highest BCUT2D eigenvalue weighted by atomic mass is 32.2. The molecule has 0 bridgehead atoms. The Balaban J connectivity index is 2.00. The monoisotopic (exact) mass is 255 g/mol. The highest BCUT2D eigenvalue weighted by Gasteiger charge is 2.30. The van der Waals surface area contributed by atoms with Crippen molar-refractivity contribution in [3.05, 3.63) is 23.9 Å². The molecule has 0 saturated carbocycles. The summed E-state index contributed by atoms with van der Waals surface area (Å²) in [5.41, 5.74) is 6.66. The van der Waals surface area contributed by atoms with E-state index in [-0.39, 0.29) is 11.8 Å². The number of sulfone groups is 1. The molecule has 0 aliphatic carbocycles. The van der Waals surface area contributed by atoms with Crippen LogP contribution in [0.15, 0.2) is 18.3 Å². The summed E-state index contributed by atoms with van der Waals surface area (Å²) in [7, 11) is -0.873. The van der Waals surface area contributed by atoms with E-state index in [2.05, 4.69) is 9.88 Å². The van der Waals surface area contributed by atoms with E-state index in [1.165, 1.54) is 0 Å². The molecule has 2 rings (SSSR count). The molecule has 0 spiro atoms. The molecule has 0 radical (unpaired) electrons. The van der Waals surface area contributed by atoms with Crippen molar-refractivity contribution in [2.45, 2.75) is 19.0 Å². The van der Waals surface area contributed by atoms with Gasteiger partial charge in [-0.2, -0.15) is 0 Å². The summed E-state index contributed by atoms with van der Waals surface area (Å²) in [6.07, 6.45) is 2.39. The average Bonchev–Trinajstić information content (AvgIpc) is 2.59. The Morgan fingerprint density at radius 3 is 2.94 bits per heavy atom. The van der Waals surface area contributed by atoms with Crippen molar-refractivity contribution < 1.29 is 8.42 Å². The van der Waals surface area contributed by atoms with Gasteiger partial charge in [0.05, 0.1) is 11.5 Å². The summed E-state index contributed by atoms with van der Waals surface area (Å²) in [6.45, 7) is 0.701. The SMILES string of the molecule is CN(Cc1ccnc(N)c1)C1CCS(=O)(=O)C1. The number of hydrogen-bond donors (Lipinski definition) is 1. The lowest BCUT2D eigenvalue weighted by molar-refractivity contribution is 0.254. The van der Waals surface area contributed by atoms with E-state index in [1.807, 2.05) is 19.2 Å². The smallest absolute Gasteiger partial charge is 0.151 e. The minimum absolute atomic E-state index is 0.120. The highest BCUT2D eigenvalue weighted by Crippen LogP contribution is 2.18. The number of hydrogen-bond acceptors (Lipinski definition) is 5. The fourth-order valence-corrected chi connectivity index (χ4v) is 3.94. The minimum Gasteiger partial charge on any atom is -0.384 e. The van der Waals surface area contributed by atoms with E-state index in [4.69, 9.17) is 5.73 Å². The maximum Gasteiger partial charge on any atom is 0.151 e. The van der Waals surface area contributed by atoms with Crippen LogP contribution >= 0.6 is 0 Å². The van der Waals surface area contributed by atoms with Crippen molar-refractivity contribution in [2.75, 3.05) is 24.3 Å². The Bertz CT molecular complexity index is 501. The summed E-state index contributed by atoms with van der Waals surface area (Å²) in [6, 6.07) is 3.84. The first-order valence-corrected chi connectivity index (χ1v) is 7.39. The van der Waals surface area contributed by atoms with Gasteiger partial charge in [-0.05, 0) is 31.2 Å². The molecule has 1 atom stereocenters. The van der Waals surface area contributed by atoms with E-state index in [0.29, 0.717) is 18.1 Å². The van der Waals surface area contributed by atoms with Crippen LogP contribution in [0, 0.1) is 0 Å². The molecule has 5 nitrogen and oxygen atoms in total. The van der Waals surface area contributed by atoms with Gasteiger partial charge in [-0.1, -0.05) is 0 Å². The zero-order chi connectivity index (χ0) is 12.5. The second-order valence-corrected chi connectivity index (χ2v) is 6.79. The molecule has 1 saturated heterocycles. The second kappa shape index (κ2) is 4.62. The molecule has 1 fully saturated rings. The van der Waals surface area contributed by atoms with Gasteiger partial charge in [0.25, 0.3) is 0 Å². The molecule has 94 valence electrons. The van der Waals surface area contributed by atoms with Gasteiger partial charge in [0.15, 0.2) is 9.84 Å². The first-order valence-electron chi connectivity index (χ1n) is 5.57. The lowest BCUT2D eigenvalue weighted by Crippen LogP contribution is -2.32. The molecule has 0 amide bonds. The lowest BCUT2D eigenvalue weighted by atomic mass is 10.2. The Hall–Kier alpha value is -1.14. The van der Waals surface area contributed by atoms with Crippen molar-refractivity contribution in [3.8, 4) is 0 Å². The Morgan fingerprint density at radius 2 is 2.35 bits per heavy atom. The Kier molecular flexibility index (Phi) is 3.35. The van der Waals surface area contributed by atoms with Crippen molar-refractivity contribution in [3.63, 3.8) is 0 Å². The molecule has 17 heavy (non-hydrogen) atoms. The quantitative estimate of drug-likeness (QED) is 0.839. The van der Waals surface area contributed by atoms with Gasteiger partial charge < -0.3 is 5.73 Å². The first kappa shape index (κ1) is 12.3. The maximum atomic E-state index is 11.4. The molecule has 0 aromatic carbocycles. The molecule has 1 aliphatic rings. The van der Waals surface area contributed by atoms with Crippen LogP contribution in [0.4, 0.5) is 5.82 Å². The average molecular weight is 255 g/mol. The van der Waals surface area contributed by atoms with Gasteiger partial charge in [0.2, 0.25) is 0 Å². The van der Waals surface area contributed by atoms with Crippen LogP contribution in [-0.4, -0.2) is 42.9 Å². The number of nitrogen functional groups attached to an aromatic ring is 1. The predicted molar refractivity (Wildman–Crippen MR) is 67.2 cm³/mol. The maximum absolute atomic E-state index is 11.4. The summed E-state index contributed by atoms with van der Waals surface area (Å²) in [4.78, 5) is 6.00. The molecular formula is C11H17N3O2S. The van der Waals surface area contributed by atoms with E-state index < -0.39 is 9.84 Å². The minimum atomic E-state index is -2.82. The molecule has 2 N–H and O–H groups in total. The van der Waals surface area contributed by atoms with E-state index in [0.717, 1.165) is 12.0 Å². The summed E-state index contributed by atoms with van der Waals surface area (Å²) >= 11 is 0. The number of nitrogens with zero attached hydrogens (tertiary/aromatic N) is 2. The van der Waals surface area contributed by atoms with Gasteiger partial charge in [-0.15, -0.1) is 0 Å². The first-order chi connectivity index (χ1) is 7.96. The molecule has 1 aliphatic heterocycles. The summed E-state index contributed by atoms with van der Waals surface area (Å²) < 4.78 is 22.8. The number of pyridine rings is 1. The van der Waals surface area contributed by atoms with Crippen molar-refractivity contribution >= 4 is 15.7 Å². The van der Waals surface area contributed by atoms with Gasteiger partial charge in [0.1, 0.15) is 5.82 Å². The Morgan fingerprint density at radius 1 is 1.59 bits per heavy atom. The zero-order valence-corrected chi connectivity index (χ0v) is 10.7. The van der Waals surface area contributed by atoms with Crippen LogP contribution in [0.2, 0.25) is 0 Å². The molecule has 6 heteroatoms. The predicted octanol–water partition coefficient (Wildman–Crippen LogP) is 0.283. The molecular weight excluding hydrogens is 238 g/mol.